The first-order chi connectivity index (χ1) is 22.7. The van der Waals surface area contributed by atoms with Crippen molar-refractivity contribution in [1.29, 1.82) is 0 Å². The van der Waals surface area contributed by atoms with Crippen molar-refractivity contribution in [3.05, 3.63) is 128 Å². The molecule has 9 heteroatoms. The number of anilines is 3. The molecule has 0 saturated carbocycles. The third-order valence-electron chi connectivity index (χ3n) is 7.63. The molecule has 0 aliphatic heterocycles. The summed E-state index contributed by atoms with van der Waals surface area (Å²) in [7, 11) is 1.56. The van der Waals surface area contributed by atoms with Crippen molar-refractivity contribution in [1.82, 2.24) is 15.3 Å². The second kappa shape index (κ2) is 12.8. The summed E-state index contributed by atoms with van der Waals surface area (Å²) in [6, 6.07) is 28.6. The van der Waals surface area contributed by atoms with Crippen LogP contribution in [0.4, 0.5) is 17.1 Å². The van der Waals surface area contributed by atoms with Crippen LogP contribution in [0.5, 0.6) is 0 Å². The third kappa shape index (κ3) is 6.59. The average molecular weight is 619 g/mol. The topological polar surface area (TPSA) is 139 Å². The number of carbonyl (C=O) groups is 3. The lowest BCUT2D eigenvalue weighted by Crippen LogP contribution is -2.19. The molecule has 2 aromatic heterocycles. The van der Waals surface area contributed by atoms with E-state index < -0.39 is 0 Å². The second-order valence-electron chi connectivity index (χ2n) is 10.8. The highest BCUT2D eigenvalue weighted by Gasteiger charge is 2.13. The molecule has 0 aliphatic carbocycles. The lowest BCUT2D eigenvalue weighted by atomic mass is 9.94. The number of nitrogens with one attached hydrogen (secondary N) is 3. The Morgan fingerprint density at radius 3 is 1.79 bits per heavy atom. The van der Waals surface area contributed by atoms with Gasteiger partial charge in [0, 0.05) is 29.2 Å². The molecule has 230 valence electrons. The van der Waals surface area contributed by atoms with Crippen LogP contribution in [0.3, 0.4) is 0 Å². The Balaban J connectivity index is 1.52. The molecule has 47 heavy (non-hydrogen) atoms. The number of hydrogen-bond acceptors (Lipinski definition) is 6. The van der Waals surface area contributed by atoms with Crippen LogP contribution in [0.15, 0.2) is 123 Å². The van der Waals surface area contributed by atoms with Gasteiger partial charge < -0.3 is 21.7 Å². The van der Waals surface area contributed by atoms with Gasteiger partial charge in [0.2, 0.25) is 11.8 Å². The van der Waals surface area contributed by atoms with Gasteiger partial charge in [0.1, 0.15) is 5.69 Å². The first-order valence-electron chi connectivity index (χ1n) is 14.7. The summed E-state index contributed by atoms with van der Waals surface area (Å²) in [6.45, 7) is 7.18. The Kier molecular flexibility index (Phi) is 8.27. The Morgan fingerprint density at radius 2 is 1.19 bits per heavy atom. The van der Waals surface area contributed by atoms with Crippen molar-refractivity contribution in [2.75, 3.05) is 23.4 Å². The molecule has 3 amide bonds. The zero-order chi connectivity index (χ0) is 33.1. The van der Waals surface area contributed by atoms with Crippen molar-refractivity contribution in [2.24, 2.45) is 0 Å². The van der Waals surface area contributed by atoms with Crippen molar-refractivity contribution >= 4 is 56.6 Å². The van der Waals surface area contributed by atoms with Crippen molar-refractivity contribution in [2.45, 2.75) is 0 Å². The van der Waals surface area contributed by atoms with E-state index in [4.69, 9.17) is 5.73 Å². The van der Waals surface area contributed by atoms with Gasteiger partial charge in [0.05, 0.1) is 22.9 Å². The molecule has 0 fully saturated rings. The summed E-state index contributed by atoms with van der Waals surface area (Å²) in [5.41, 5.74) is 14.3. The number of hydrogen-bond donors (Lipinski definition) is 4. The molecule has 9 nitrogen and oxygen atoms in total. The summed E-state index contributed by atoms with van der Waals surface area (Å²) in [6.07, 6.45) is 4.04. The molecule has 6 rings (SSSR count). The summed E-state index contributed by atoms with van der Waals surface area (Å²) in [5.74, 6) is -0.990. The standard InChI is InChI=1S/C38H30N6O3/c1-4-36(45)42-31-16-25(23-9-10-33-29(12-23)15-30(39)21-41-33)13-27(18-31)28-14-26(17-32(19-28)43-37(46)5-2)24-7-6-22-8-11-34(38(47)40-3)44-35(22)20-24/h4-21H,1-2,39H2,3H3,(H,40,47)(H,42,45)(H,43,46). The monoisotopic (exact) mass is 618 g/mol. The molecule has 6 aromatic rings. The van der Waals surface area contributed by atoms with Crippen LogP contribution >= 0.6 is 0 Å². The van der Waals surface area contributed by atoms with Gasteiger partial charge >= 0.3 is 0 Å². The van der Waals surface area contributed by atoms with Gasteiger partial charge in [-0.3, -0.25) is 19.4 Å². The number of carbonyl (C=O) groups excluding carboxylic acids is 3. The minimum atomic E-state index is -0.361. The van der Waals surface area contributed by atoms with Crippen LogP contribution in [0.1, 0.15) is 10.5 Å². The number of amides is 3. The molecular formula is C38H30N6O3. The Bertz CT molecular complexity index is 2260. The number of nitrogen functional groups attached to an aromatic ring is 1. The maximum absolute atomic E-state index is 12.4. The number of aromatic nitrogens is 2. The third-order valence-corrected chi connectivity index (χ3v) is 7.63. The molecule has 0 atom stereocenters. The zero-order valence-corrected chi connectivity index (χ0v) is 25.5. The van der Waals surface area contributed by atoms with Gasteiger partial charge in [-0.1, -0.05) is 37.4 Å². The van der Waals surface area contributed by atoms with Crippen LogP contribution in [-0.4, -0.2) is 34.7 Å². The molecule has 0 spiro atoms. The number of nitrogens with zero attached hydrogens (tertiary/aromatic N) is 2. The summed E-state index contributed by atoms with van der Waals surface area (Å²) in [4.78, 5) is 46.0. The fourth-order valence-corrected chi connectivity index (χ4v) is 5.33. The normalized spacial score (nSPS) is 10.7. The molecular weight excluding hydrogens is 588 g/mol. The van der Waals surface area contributed by atoms with E-state index in [1.54, 1.807) is 19.3 Å². The van der Waals surface area contributed by atoms with Crippen LogP contribution in [-0.2, 0) is 9.59 Å². The lowest BCUT2D eigenvalue weighted by Gasteiger charge is -2.15. The highest BCUT2D eigenvalue weighted by molar-refractivity contribution is 6.02. The van der Waals surface area contributed by atoms with Crippen LogP contribution in [0.2, 0.25) is 0 Å². The van der Waals surface area contributed by atoms with E-state index in [9.17, 15) is 14.4 Å². The van der Waals surface area contributed by atoms with Gasteiger partial charge in [0.25, 0.3) is 5.91 Å². The fourth-order valence-electron chi connectivity index (χ4n) is 5.33. The fraction of sp³-hybridized carbons (Fsp3) is 0.0263. The molecule has 0 saturated heterocycles. The minimum absolute atomic E-state index is 0.279. The van der Waals surface area contributed by atoms with Gasteiger partial charge in [-0.15, -0.1) is 0 Å². The Labute approximate surface area is 270 Å². The number of nitrogens with two attached hydrogens (primary N) is 1. The first kappa shape index (κ1) is 30.4. The highest BCUT2D eigenvalue weighted by Crippen LogP contribution is 2.36. The first-order valence-corrected chi connectivity index (χ1v) is 14.7. The number of rotatable bonds is 8. The molecule has 4 aromatic carbocycles. The van der Waals surface area contributed by atoms with E-state index in [1.165, 1.54) is 12.2 Å². The van der Waals surface area contributed by atoms with E-state index in [1.807, 2.05) is 84.9 Å². The van der Waals surface area contributed by atoms with Crippen molar-refractivity contribution in [3.63, 3.8) is 0 Å². The smallest absolute Gasteiger partial charge is 0.269 e. The maximum atomic E-state index is 12.4. The second-order valence-corrected chi connectivity index (χ2v) is 10.8. The highest BCUT2D eigenvalue weighted by atomic mass is 16.2. The molecule has 0 radical (unpaired) electrons. The predicted octanol–water partition coefficient (Wildman–Crippen LogP) is 6.97. The van der Waals surface area contributed by atoms with Crippen molar-refractivity contribution < 1.29 is 14.4 Å². The van der Waals surface area contributed by atoms with Gasteiger partial charge in [0.15, 0.2) is 0 Å². The number of benzene rings is 4. The number of fused-ring (bicyclic) bond motifs is 2. The predicted molar refractivity (Wildman–Crippen MR) is 189 cm³/mol. The summed E-state index contributed by atoms with van der Waals surface area (Å²) in [5, 5.41) is 10.1. The van der Waals surface area contributed by atoms with E-state index in [-0.39, 0.29) is 17.7 Å². The Hall–Kier alpha value is -6.61. The van der Waals surface area contributed by atoms with E-state index in [0.29, 0.717) is 28.3 Å². The minimum Gasteiger partial charge on any atom is -0.397 e. The lowest BCUT2D eigenvalue weighted by molar-refractivity contribution is -0.112. The molecule has 0 unspecified atom stereocenters. The summed E-state index contributed by atoms with van der Waals surface area (Å²) < 4.78 is 0. The average Bonchev–Trinajstić information content (AvgIpc) is 3.09. The van der Waals surface area contributed by atoms with Gasteiger partial charge in [-0.05, 0) is 112 Å². The molecule has 5 N–H and O–H groups in total. The molecule has 2 heterocycles. The number of pyridine rings is 2. The van der Waals surface area contributed by atoms with Crippen LogP contribution in [0.25, 0.3) is 55.2 Å². The molecule has 0 aliphatic rings. The van der Waals surface area contributed by atoms with E-state index in [0.717, 1.165) is 49.7 Å². The van der Waals surface area contributed by atoms with E-state index >= 15 is 0 Å². The SMILES string of the molecule is C=CC(=O)Nc1cc(-c2cc(NC(=O)C=C)cc(-c3ccc4ccc(C(=O)NC)nc4c3)c2)cc(-c2ccc3ncc(N)cc3c2)c1. The zero-order valence-electron chi connectivity index (χ0n) is 25.5. The van der Waals surface area contributed by atoms with Gasteiger partial charge in [-0.25, -0.2) is 4.98 Å². The summed E-state index contributed by atoms with van der Waals surface area (Å²) >= 11 is 0. The van der Waals surface area contributed by atoms with E-state index in [2.05, 4.69) is 39.1 Å². The van der Waals surface area contributed by atoms with Gasteiger partial charge in [-0.2, -0.15) is 0 Å². The van der Waals surface area contributed by atoms with Crippen LogP contribution in [0, 0.1) is 0 Å². The van der Waals surface area contributed by atoms with Crippen molar-refractivity contribution in [3.8, 4) is 33.4 Å². The quantitative estimate of drug-likeness (QED) is 0.136. The molecule has 0 bridgehead atoms. The maximum Gasteiger partial charge on any atom is 0.269 e. The largest absolute Gasteiger partial charge is 0.397 e. The Morgan fingerprint density at radius 1 is 0.638 bits per heavy atom. The van der Waals surface area contributed by atoms with Crippen LogP contribution < -0.4 is 21.7 Å².